The van der Waals surface area contributed by atoms with Crippen LogP contribution in [0.4, 0.5) is 0 Å². The molecule has 1 N–H and O–H groups in total. The van der Waals surface area contributed by atoms with Gasteiger partial charge in [0.1, 0.15) is 0 Å². The van der Waals surface area contributed by atoms with Crippen molar-refractivity contribution in [3.05, 3.63) is 65.2 Å². The molecule has 0 bridgehead atoms. The summed E-state index contributed by atoms with van der Waals surface area (Å²) in [4.78, 5) is 15.4. The maximum atomic E-state index is 12.1. The zero-order valence-corrected chi connectivity index (χ0v) is 14.8. The first-order valence-electron chi connectivity index (χ1n) is 7.73. The molecule has 0 heterocycles. The van der Waals surface area contributed by atoms with Crippen molar-refractivity contribution in [1.29, 1.82) is 0 Å². The van der Waals surface area contributed by atoms with Crippen LogP contribution in [-0.2, 0) is 17.9 Å². The third-order valence-electron chi connectivity index (χ3n) is 3.53. The van der Waals surface area contributed by atoms with E-state index in [1.54, 1.807) is 11.8 Å². The maximum Gasteiger partial charge on any atom is 0.230 e. The summed E-state index contributed by atoms with van der Waals surface area (Å²) in [6.45, 7) is 3.53. The molecule has 0 atom stereocenters. The van der Waals surface area contributed by atoms with Crippen LogP contribution in [0, 0.1) is 6.92 Å². The van der Waals surface area contributed by atoms with Crippen LogP contribution in [0.1, 0.15) is 16.7 Å². The number of nitrogens with zero attached hydrogens (tertiary/aromatic N) is 1. The molecule has 23 heavy (non-hydrogen) atoms. The van der Waals surface area contributed by atoms with Gasteiger partial charge in [-0.25, -0.2) is 0 Å². The zero-order chi connectivity index (χ0) is 16.7. The quantitative estimate of drug-likeness (QED) is 0.790. The monoisotopic (exact) mass is 328 g/mol. The van der Waals surface area contributed by atoms with Gasteiger partial charge in [0.25, 0.3) is 0 Å². The number of aryl methyl sites for hydroxylation is 1. The highest BCUT2D eigenvalue weighted by molar-refractivity contribution is 8.00. The van der Waals surface area contributed by atoms with Gasteiger partial charge in [-0.05, 0) is 43.8 Å². The third-order valence-corrected chi connectivity index (χ3v) is 4.71. The van der Waals surface area contributed by atoms with Crippen LogP contribution < -0.4 is 5.32 Å². The van der Waals surface area contributed by atoms with E-state index in [0.717, 1.165) is 11.4 Å². The van der Waals surface area contributed by atoms with Crippen molar-refractivity contribution in [2.75, 3.05) is 19.8 Å². The summed E-state index contributed by atoms with van der Waals surface area (Å²) in [7, 11) is 4.10. The number of hydrogen-bond acceptors (Lipinski definition) is 3. The van der Waals surface area contributed by atoms with Gasteiger partial charge >= 0.3 is 0 Å². The second-order valence-corrected chi connectivity index (χ2v) is 6.85. The van der Waals surface area contributed by atoms with Crippen molar-refractivity contribution in [3.63, 3.8) is 0 Å². The minimum Gasteiger partial charge on any atom is -0.351 e. The zero-order valence-electron chi connectivity index (χ0n) is 14.0. The van der Waals surface area contributed by atoms with E-state index in [9.17, 15) is 4.79 Å². The van der Waals surface area contributed by atoms with Gasteiger partial charge in [-0.15, -0.1) is 11.8 Å². The predicted molar refractivity (Wildman–Crippen MR) is 97.6 cm³/mol. The Hall–Kier alpha value is -1.78. The minimum atomic E-state index is 0.0675. The van der Waals surface area contributed by atoms with Gasteiger partial charge in [0.15, 0.2) is 0 Å². The number of carbonyl (C=O) groups is 1. The predicted octanol–water partition coefficient (Wildman–Crippen LogP) is 3.47. The summed E-state index contributed by atoms with van der Waals surface area (Å²) < 4.78 is 0. The molecule has 0 unspecified atom stereocenters. The van der Waals surface area contributed by atoms with E-state index in [-0.39, 0.29) is 5.91 Å². The summed E-state index contributed by atoms with van der Waals surface area (Å²) in [5.41, 5.74) is 3.64. The number of nitrogens with one attached hydrogen (secondary N) is 1. The third kappa shape index (κ3) is 5.73. The van der Waals surface area contributed by atoms with Gasteiger partial charge in [-0.2, -0.15) is 0 Å². The Morgan fingerprint density at radius 3 is 2.39 bits per heavy atom. The van der Waals surface area contributed by atoms with Crippen molar-refractivity contribution in [2.45, 2.75) is 24.9 Å². The Balaban J connectivity index is 1.86. The van der Waals surface area contributed by atoms with Crippen molar-refractivity contribution >= 4 is 17.7 Å². The number of hydrogen-bond donors (Lipinski definition) is 1. The number of amides is 1. The van der Waals surface area contributed by atoms with Gasteiger partial charge in [-0.3, -0.25) is 4.79 Å². The topological polar surface area (TPSA) is 32.3 Å². The van der Waals surface area contributed by atoms with Crippen LogP contribution in [0.2, 0.25) is 0 Å². The molecule has 4 heteroatoms. The molecule has 122 valence electrons. The molecule has 1 amide bonds. The van der Waals surface area contributed by atoms with Gasteiger partial charge in [0.05, 0.1) is 5.75 Å². The lowest BCUT2D eigenvalue weighted by molar-refractivity contribution is -0.118. The number of rotatable bonds is 7. The molecule has 0 aliphatic carbocycles. The summed E-state index contributed by atoms with van der Waals surface area (Å²) in [5.74, 6) is 0.513. The highest BCUT2D eigenvalue weighted by atomic mass is 32.2. The molecule has 2 aromatic rings. The first-order chi connectivity index (χ1) is 11.1. The molecule has 2 rings (SSSR count). The summed E-state index contributed by atoms with van der Waals surface area (Å²) in [6.07, 6.45) is 0. The first-order valence-corrected chi connectivity index (χ1v) is 8.71. The Labute approximate surface area is 143 Å². The van der Waals surface area contributed by atoms with Gasteiger partial charge < -0.3 is 10.2 Å². The normalized spacial score (nSPS) is 10.8. The van der Waals surface area contributed by atoms with E-state index in [0.29, 0.717) is 12.3 Å². The van der Waals surface area contributed by atoms with Crippen molar-refractivity contribution in [1.82, 2.24) is 10.2 Å². The van der Waals surface area contributed by atoms with Crippen LogP contribution in [0.3, 0.4) is 0 Å². The van der Waals surface area contributed by atoms with Gasteiger partial charge in [-0.1, -0.05) is 42.5 Å². The van der Waals surface area contributed by atoms with E-state index in [2.05, 4.69) is 41.4 Å². The Morgan fingerprint density at radius 1 is 1.04 bits per heavy atom. The molecule has 0 aromatic heterocycles. The lowest BCUT2D eigenvalue weighted by Gasteiger charge is -2.14. The summed E-state index contributed by atoms with van der Waals surface area (Å²) in [6, 6.07) is 16.4. The first kappa shape index (κ1) is 17.6. The molecule has 0 aliphatic heterocycles. The molecular weight excluding hydrogens is 304 g/mol. The van der Waals surface area contributed by atoms with Crippen LogP contribution in [0.5, 0.6) is 0 Å². The van der Waals surface area contributed by atoms with Crippen LogP contribution in [-0.4, -0.2) is 30.7 Å². The molecule has 0 spiro atoms. The van der Waals surface area contributed by atoms with Gasteiger partial charge in [0.2, 0.25) is 5.91 Å². The lowest BCUT2D eigenvalue weighted by atomic mass is 10.1. The summed E-state index contributed by atoms with van der Waals surface area (Å²) >= 11 is 1.58. The molecule has 0 aliphatic rings. The second-order valence-electron chi connectivity index (χ2n) is 5.84. The molecule has 3 nitrogen and oxygen atoms in total. The van der Waals surface area contributed by atoms with Crippen molar-refractivity contribution < 1.29 is 4.79 Å². The average molecular weight is 328 g/mol. The highest BCUT2D eigenvalue weighted by Gasteiger charge is 2.07. The van der Waals surface area contributed by atoms with E-state index < -0.39 is 0 Å². The van der Waals surface area contributed by atoms with Crippen LogP contribution >= 0.6 is 11.8 Å². The Bertz CT molecular complexity index is 655. The highest BCUT2D eigenvalue weighted by Crippen LogP contribution is 2.21. The SMILES string of the molecule is Cc1ccccc1SCC(=O)NCc1ccccc1CN(C)C. The fourth-order valence-corrected chi connectivity index (χ4v) is 3.19. The fourth-order valence-electron chi connectivity index (χ4n) is 2.33. The smallest absolute Gasteiger partial charge is 0.230 e. The standard InChI is InChI=1S/C19H24N2OS/c1-15-8-4-7-11-18(15)23-14-19(22)20-12-16-9-5-6-10-17(16)13-21(2)3/h4-11H,12-14H2,1-3H3,(H,20,22). The fraction of sp³-hybridized carbons (Fsp3) is 0.316. The molecule has 2 aromatic carbocycles. The van der Waals surface area contributed by atoms with E-state index >= 15 is 0 Å². The van der Waals surface area contributed by atoms with Crippen LogP contribution in [0.25, 0.3) is 0 Å². The van der Waals surface area contributed by atoms with E-state index in [1.165, 1.54) is 16.7 Å². The Kier molecular flexibility index (Phi) is 6.68. The number of carbonyl (C=O) groups excluding carboxylic acids is 1. The van der Waals surface area contributed by atoms with Gasteiger partial charge in [0, 0.05) is 18.0 Å². The molecule has 0 saturated carbocycles. The molecule has 0 saturated heterocycles. The minimum absolute atomic E-state index is 0.0675. The second kappa shape index (κ2) is 8.75. The van der Waals surface area contributed by atoms with Crippen molar-refractivity contribution in [3.8, 4) is 0 Å². The molecule has 0 radical (unpaired) electrons. The average Bonchev–Trinajstić information content (AvgIpc) is 2.53. The molecule has 0 fully saturated rings. The largest absolute Gasteiger partial charge is 0.351 e. The van der Waals surface area contributed by atoms with E-state index in [1.807, 2.05) is 38.4 Å². The van der Waals surface area contributed by atoms with E-state index in [4.69, 9.17) is 0 Å². The lowest BCUT2D eigenvalue weighted by Crippen LogP contribution is -2.25. The Morgan fingerprint density at radius 2 is 1.70 bits per heavy atom. The maximum absolute atomic E-state index is 12.1. The summed E-state index contributed by atoms with van der Waals surface area (Å²) in [5, 5.41) is 3.02. The number of benzene rings is 2. The van der Waals surface area contributed by atoms with Crippen LogP contribution in [0.15, 0.2) is 53.4 Å². The number of thioether (sulfide) groups is 1. The molecular formula is C19H24N2OS. The van der Waals surface area contributed by atoms with Crippen molar-refractivity contribution in [2.24, 2.45) is 0 Å².